The van der Waals surface area contributed by atoms with Crippen molar-refractivity contribution < 1.29 is 0 Å². The van der Waals surface area contributed by atoms with Crippen LogP contribution in [0.2, 0.25) is 5.15 Å². The Morgan fingerprint density at radius 1 is 1.33 bits per heavy atom. The number of nitrogens with zero attached hydrogens (tertiary/aromatic N) is 4. The summed E-state index contributed by atoms with van der Waals surface area (Å²) in [5, 5.41) is 4.84. The molecule has 2 aromatic rings. The minimum atomic E-state index is 0.487. The molecule has 0 atom stereocenters. The molecule has 112 valence electrons. The van der Waals surface area contributed by atoms with E-state index in [1.54, 1.807) is 6.20 Å². The Morgan fingerprint density at radius 2 is 2.10 bits per heavy atom. The van der Waals surface area contributed by atoms with E-state index < -0.39 is 0 Å². The molecule has 0 aliphatic heterocycles. The zero-order valence-electron chi connectivity index (χ0n) is 12.0. The monoisotopic (exact) mass is 368 g/mol. The number of hydrogen-bond acceptors (Lipinski definition) is 3. The Morgan fingerprint density at radius 3 is 2.81 bits per heavy atom. The Balaban J connectivity index is 2.04. The molecule has 0 unspecified atom stereocenters. The average molecular weight is 370 g/mol. The molecule has 1 aliphatic carbocycles. The van der Waals surface area contributed by atoms with Crippen molar-refractivity contribution in [1.82, 2.24) is 19.7 Å². The van der Waals surface area contributed by atoms with Crippen LogP contribution in [0.1, 0.15) is 50.6 Å². The van der Waals surface area contributed by atoms with Gasteiger partial charge in [-0.2, -0.15) is 5.10 Å². The van der Waals surface area contributed by atoms with E-state index in [9.17, 15) is 0 Å². The van der Waals surface area contributed by atoms with Crippen LogP contribution in [0.3, 0.4) is 0 Å². The third-order valence-corrected chi connectivity index (χ3v) is 5.24. The standard InChI is InChI=1S/C15H18BrClN4/c1-2-9-21-11(7-8-18-21)15-19-13(10-5-3-4-6-10)12(16)14(17)20-15/h7-8,10H,2-6,9H2,1H3. The summed E-state index contributed by atoms with van der Waals surface area (Å²) in [7, 11) is 0. The van der Waals surface area contributed by atoms with Crippen LogP contribution in [0.5, 0.6) is 0 Å². The molecule has 0 N–H and O–H groups in total. The molecule has 0 bridgehead atoms. The van der Waals surface area contributed by atoms with Gasteiger partial charge in [0.15, 0.2) is 5.82 Å². The maximum absolute atomic E-state index is 6.32. The van der Waals surface area contributed by atoms with Gasteiger partial charge in [-0.25, -0.2) is 9.97 Å². The lowest BCUT2D eigenvalue weighted by atomic mass is 10.0. The molecule has 21 heavy (non-hydrogen) atoms. The number of aryl methyl sites for hydroxylation is 1. The van der Waals surface area contributed by atoms with Crippen LogP contribution in [-0.4, -0.2) is 19.7 Å². The van der Waals surface area contributed by atoms with Gasteiger partial charge in [-0.05, 0) is 41.3 Å². The third kappa shape index (κ3) is 2.99. The van der Waals surface area contributed by atoms with Crippen molar-refractivity contribution in [2.24, 2.45) is 0 Å². The van der Waals surface area contributed by atoms with E-state index in [1.807, 2.05) is 10.7 Å². The van der Waals surface area contributed by atoms with E-state index in [0.29, 0.717) is 16.9 Å². The number of aromatic nitrogens is 4. The predicted molar refractivity (Wildman–Crippen MR) is 87.5 cm³/mol. The van der Waals surface area contributed by atoms with Gasteiger partial charge < -0.3 is 0 Å². The smallest absolute Gasteiger partial charge is 0.179 e. The van der Waals surface area contributed by atoms with Crippen molar-refractivity contribution in [3.8, 4) is 11.5 Å². The van der Waals surface area contributed by atoms with Gasteiger partial charge in [-0.1, -0.05) is 31.4 Å². The highest BCUT2D eigenvalue weighted by Gasteiger charge is 2.24. The molecule has 6 heteroatoms. The van der Waals surface area contributed by atoms with Crippen LogP contribution < -0.4 is 0 Å². The molecule has 1 saturated carbocycles. The van der Waals surface area contributed by atoms with Gasteiger partial charge in [0.1, 0.15) is 10.8 Å². The molecule has 1 aliphatic rings. The van der Waals surface area contributed by atoms with Gasteiger partial charge in [0.05, 0.1) is 10.2 Å². The molecular weight excluding hydrogens is 352 g/mol. The summed E-state index contributed by atoms with van der Waals surface area (Å²) in [6.45, 7) is 2.99. The predicted octanol–water partition coefficient (Wildman–Crippen LogP) is 4.82. The normalized spacial score (nSPS) is 15.8. The summed E-state index contributed by atoms with van der Waals surface area (Å²) >= 11 is 9.87. The van der Waals surface area contributed by atoms with Gasteiger partial charge in [0.2, 0.25) is 0 Å². The second kappa shape index (κ2) is 6.44. The first kappa shape index (κ1) is 15.0. The molecule has 2 heterocycles. The topological polar surface area (TPSA) is 43.6 Å². The maximum Gasteiger partial charge on any atom is 0.179 e. The molecule has 3 rings (SSSR count). The van der Waals surface area contributed by atoms with Crippen molar-refractivity contribution in [2.45, 2.75) is 51.5 Å². The lowest BCUT2D eigenvalue weighted by molar-refractivity contribution is 0.605. The van der Waals surface area contributed by atoms with Crippen LogP contribution in [0, 0.1) is 0 Å². The quantitative estimate of drug-likeness (QED) is 0.725. The second-order valence-electron chi connectivity index (χ2n) is 5.46. The van der Waals surface area contributed by atoms with Gasteiger partial charge >= 0.3 is 0 Å². The summed E-state index contributed by atoms with van der Waals surface area (Å²) in [6.07, 6.45) is 7.71. The van der Waals surface area contributed by atoms with E-state index in [0.717, 1.165) is 28.8 Å². The SMILES string of the molecule is CCCn1nccc1-c1nc(Cl)c(Br)c(C2CCCC2)n1. The van der Waals surface area contributed by atoms with E-state index in [4.69, 9.17) is 16.6 Å². The fraction of sp³-hybridized carbons (Fsp3) is 0.533. The van der Waals surface area contributed by atoms with Gasteiger partial charge in [0.25, 0.3) is 0 Å². The molecule has 0 radical (unpaired) electrons. The maximum atomic E-state index is 6.32. The summed E-state index contributed by atoms with van der Waals surface area (Å²) in [5.41, 5.74) is 1.98. The second-order valence-corrected chi connectivity index (χ2v) is 6.61. The largest absolute Gasteiger partial charge is 0.262 e. The zero-order chi connectivity index (χ0) is 14.8. The highest BCUT2D eigenvalue weighted by Crippen LogP contribution is 2.39. The van der Waals surface area contributed by atoms with E-state index in [1.165, 1.54) is 25.7 Å². The summed E-state index contributed by atoms with van der Waals surface area (Å²) in [5.74, 6) is 1.16. The van der Waals surface area contributed by atoms with Gasteiger partial charge in [0, 0.05) is 18.7 Å². The first-order valence-electron chi connectivity index (χ1n) is 7.45. The summed E-state index contributed by atoms with van der Waals surface area (Å²) in [4.78, 5) is 9.23. The van der Waals surface area contributed by atoms with Crippen molar-refractivity contribution in [3.63, 3.8) is 0 Å². The van der Waals surface area contributed by atoms with Crippen molar-refractivity contribution in [1.29, 1.82) is 0 Å². The molecule has 4 nitrogen and oxygen atoms in total. The Labute approximate surface area is 138 Å². The van der Waals surface area contributed by atoms with Crippen molar-refractivity contribution >= 4 is 27.5 Å². The zero-order valence-corrected chi connectivity index (χ0v) is 14.4. The Kier molecular flexibility index (Phi) is 4.60. The Bertz CT molecular complexity index is 635. The molecule has 0 aromatic carbocycles. The van der Waals surface area contributed by atoms with Crippen LogP contribution in [0.4, 0.5) is 0 Å². The minimum absolute atomic E-state index is 0.487. The minimum Gasteiger partial charge on any atom is -0.262 e. The highest BCUT2D eigenvalue weighted by atomic mass is 79.9. The Hall–Kier alpha value is -0.940. The molecule has 1 fully saturated rings. The fourth-order valence-corrected chi connectivity index (χ4v) is 3.61. The number of hydrogen-bond donors (Lipinski definition) is 0. The van der Waals surface area contributed by atoms with E-state index in [2.05, 4.69) is 32.9 Å². The third-order valence-electron chi connectivity index (χ3n) is 3.96. The van der Waals surface area contributed by atoms with Gasteiger partial charge in [-0.15, -0.1) is 0 Å². The van der Waals surface area contributed by atoms with E-state index >= 15 is 0 Å². The summed E-state index contributed by atoms with van der Waals surface area (Å²) in [6, 6.07) is 1.95. The van der Waals surface area contributed by atoms with E-state index in [-0.39, 0.29) is 0 Å². The lowest BCUT2D eigenvalue weighted by Gasteiger charge is -2.14. The first-order chi connectivity index (χ1) is 10.2. The average Bonchev–Trinajstić information content (AvgIpc) is 3.13. The number of halogens is 2. The van der Waals surface area contributed by atoms with Crippen LogP contribution in [0.15, 0.2) is 16.7 Å². The van der Waals surface area contributed by atoms with Crippen LogP contribution in [-0.2, 0) is 6.54 Å². The van der Waals surface area contributed by atoms with Crippen LogP contribution >= 0.6 is 27.5 Å². The molecule has 0 amide bonds. The van der Waals surface area contributed by atoms with Crippen molar-refractivity contribution in [3.05, 3.63) is 27.6 Å². The fourth-order valence-electron chi connectivity index (χ4n) is 2.93. The molecule has 0 saturated heterocycles. The first-order valence-corrected chi connectivity index (χ1v) is 8.63. The summed E-state index contributed by atoms with van der Waals surface area (Å²) < 4.78 is 2.79. The van der Waals surface area contributed by atoms with Crippen LogP contribution in [0.25, 0.3) is 11.5 Å². The molecule has 0 spiro atoms. The highest BCUT2D eigenvalue weighted by molar-refractivity contribution is 9.10. The van der Waals surface area contributed by atoms with Crippen molar-refractivity contribution in [2.75, 3.05) is 0 Å². The molecular formula is C15H18BrClN4. The van der Waals surface area contributed by atoms with Gasteiger partial charge in [-0.3, -0.25) is 4.68 Å². The molecule has 2 aromatic heterocycles. The number of rotatable bonds is 4. The lowest BCUT2D eigenvalue weighted by Crippen LogP contribution is -2.07.